The molecule has 53 heavy (non-hydrogen) atoms. The summed E-state index contributed by atoms with van der Waals surface area (Å²) in [5, 5.41) is 4.77. The minimum Gasteiger partial charge on any atom is -0.435 e. The lowest BCUT2D eigenvalue weighted by atomic mass is 10.00. The van der Waals surface area contributed by atoms with E-state index < -0.39 is 0 Å². The van der Waals surface area contributed by atoms with Gasteiger partial charge in [0.1, 0.15) is 5.52 Å². The quantitative estimate of drug-likeness (QED) is 0.178. The Balaban J connectivity index is 1.10. The van der Waals surface area contributed by atoms with E-state index in [9.17, 15) is 0 Å². The van der Waals surface area contributed by atoms with Crippen LogP contribution in [0.25, 0.3) is 108 Å². The number of thiophene rings is 2. The lowest BCUT2D eigenvalue weighted by Crippen LogP contribution is -2.00. The highest BCUT2D eigenvalue weighted by Crippen LogP contribution is 2.45. The number of rotatable bonds is 5. The van der Waals surface area contributed by atoms with Crippen LogP contribution in [0, 0.1) is 0 Å². The summed E-state index contributed by atoms with van der Waals surface area (Å²) in [6.45, 7) is 0. The maximum absolute atomic E-state index is 6.61. The van der Waals surface area contributed by atoms with Gasteiger partial charge in [0.25, 0.3) is 0 Å². The number of oxazole rings is 1. The summed E-state index contributed by atoms with van der Waals surface area (Å²) in [7, 11) is 0. The molecule has 0 saturated carbocycles. The molecule has 0 fully saturated rings. The molecule has 0 atom stereocenters. The predicted molar refractivity (Wildman–Crippen MR) is 220 cm³/mol. The highest BCUT2D eigenvalue weighted by molar-refractivity contribution is 7.26. The van der Waals surface area contributed by atoms with Crippen molar-refractivity contribution in [2.24, 2.45) is 0 Å². The third-order valence-electron chi connectivity index (χ3n) is 9.79. The van der Waals surface area contributed by atoms with Gasteiger partial charge in [0.2, 0.25) is 5.89 Å². The Labute approximate surface area is 311 Å². The van der Waals surface area contributed by atoms with Crippen molar-refractivity contribution >= 4 is 74.1 Å². The zero-order chi connectivity index (χ0) is 34.9. The van der Waals surface area contributed by atoms with Crippen LogP contribution in [0.2, 0.25) is 0 Å². The molecule has 0 unspecified atom stereocenters. The van der Waals surface area contributed by atoms with Gasteiger partial charge in [-0.15, -0.1) is 22.7 Å². The topological polar surface area (TPSA) is 64.7 Å². The molecule has 248 valence electrons. The molecule has 0 aliphatic carbocycles. The number of benzene rings is 7. The highest BCUT2D eigenvalue weighted by Gasteiger charge is 2.21. The van der Waals surface area contributed by atoms with Gasteiger partial charge in [-0.05, 0) is 42.0 Å². The fourth-order valence-corrected chi connectivity index (χ4v) is 9.68. The van der Waals surface area contributed by atoms with E-state index in [1.807, 2.05) is 60.7 Å². The van der Waals surface area contributed by atoms with Crippen molar-refractivity contribution in [1.82, 2.24) is 19.9 Å². The number of nitrogens with zero attached hydrogens (tertiary/aromatic N) is 4. The van der Waals surface area contributed by atoms with Crippen LogP contribution in [0.4, 0.5) is 0 Å². The average molecular weight is 715 g/mol. The smallest absolute Gasteiger partial charge is 0.227 e. The maximum atomic E-state index is 6.61. The second-order valence-corrected chi connectivity index (χ2v) is 15.1. The van der Waals surface area contributed by atoms with Gasteiger partial charge in [-0.2, -0.15) is 0 Å². The van der Waals surface area contributed by atoms with Crippen molar-refractivity contribution in [3.63, 3.8) is 0 Å². The molecule has 4 aromatic heterocycles. The van der Waals surface area contributed by atoms with Crippen LogP contribution in [0.15, 0.2) is 162 Å². The van der Waals surface area contributed by atoms with Crippen molar-refractivity contribution in [2.45, 2.75) is 0 Å². The van der Waals surface area contributed by atoms with Gasteiger partial charge in [0, 0.05) is 68.2 Å². The fraction of sp³-hybridized carbons (Fsp3) is 0. The van der Waals surface area contributed by atoms with Crippen LogP contribution in [0.3, 0.4) is 0 Å². The minimum atomic E-state index is 0.611. The molecule has 0 spiro atoms. The Morgan fingerprint density at radius 2 is 1.00 bits per heavy atom. The van der Waals surface area contributed by atoms with Gasteiger partial charge >= 0.3 is 0 Å². The Morgan fingerprint density at radius 1 is 0.415 bits per heavy atom. The third-order valence-corrected chi connectivity index (χ3v) is 12.1. The van der Waals surface area contributed by atoms with E-state index in [0.29, 0.717) is 23.4 Å². The molecule has 11 aromatic rings. The second-order valence-electron chi connectivity index (χ2n) is 13.0. The standard InChI is InChI=1S/C46H26N4OS2/c1-3-12-28(13-4-1)43-48-44(50-45(49-43)33-18-11-21-38-40(33)32-17-8-10-20-37(32)52-38)29-24-22-27(23-25-29)39-41-35(47-46(51-41)30-14-5-2-6-15-30)26-34-31-16-7-9-19-36(31)53-42(34)39/h1-26H. The first kappa shape index (κ1) is 30.1. The summed E-state index contributed by atoms with van der Waals surface area (Å²) in [6.07, 6.45) is 0. The molecule has 7 aromatic carbocycles. The van der Waals surface area contributed by atoms with Gasteiger partial charge < -0.3 is 4.42 Å². The van der Waals surface area contributed by atoms with Crippen LogP contribution in [0.5, 0.6) is 0 Å². The van der Waals surface area contributed by atoms with Gasteiger partial charge in [0.05, 0.1) is 0 Å². The Bertz CT molecular complexity index is 3160. The van der Waals surface area contributed by atoms with E-state index in [1.165, 1.54) is 40.3 Å². The van der Waals surface area contributed by atoms with Gasteiger partial charge in [0.15, 0.2) is 23.1 Å². The lowest BCUT2D eigenvalue weighted by Gasteiger charge is -2.10. The van der Waals surface area contributed by atoms with Crippen LogP contribution in [0.1, 0.15) is 0 Å². The van der Waals surface area contributed by atoms with Crippen LogP contribution in [-0.2, 0) is 0 Å². The molecular formula is C46H26N4OS2. The van der Waals surface area contributed by atoms with Crippen molar-refractivity contribution in [1.29, 1.82) is 0 Å². The Morgan fingerprint density at radius 3 is 1.75 bits per heavy atom. The molecular weight excluding hydrogens is 689 g/mol. The van der Waals surface area contributed by atoms with Gasteiger partial charge in [-0.25, -0.2) is 19.9 Å². The average Bonchev–Trinajstić information content (AvgIpc) is 3.94. The summed E-state index contributed by atoms with van der Waals surface area (Å²) < 4.78 is 11.5. The zero-order valence-corrected chi connectivity index (χ0v) is 29.7. The van der Waals surface area contributed by atoms with E-state index in [4.69, 9.17) is 24.4 Å². The van der Waals surface area contributed by atoms with E-state index >= 15 is 0 Å². The summed E-state index contributed by atoms with van der Waals surface area (Å²) in [4.78, 5) is 20.3. The van der Waals surface area contributed by atoms with Crippen LogP contribution >= 0.6 is 22.7 Å². The molecule has 0 aliphatic rings. The molecule has 5 nitrogen and oxygen atoms in total. The third kappa shape index (κ3) is 4.97. The summed E-state index contributed by atoms with van der Waals surface area (Å²) in [5.74, 6) is 2.52. The van der Waals surface area contributed by atoms with Crippen molar-refractivity contribution in [2.75, 3.05) is 0 Å². The van der Waals surface area contributed by atoms with Crippen molar-refractivity contribution < 1.29 is 4.42 Å². The van der Waals surface area contributed by atoms with Gasteiger partial charge in [-0.1, -0.05) is 121 Å². The molecule has 0 amide bonds. The van der Waals surface area contributed by atoms with E-state index in [2.05, 4.69) is 97.1 Å². The summed E-state index contributed by atoms with van der Waals surface area (Å²) in [5.41, 5.74) is 7.48. The number of fused-ring (bicyclic) bond motifs is 7. The summed E-state index contributed by atoms with van der Waals surface area (Å²) >= 11 is 3.58. The first-order valence-corrected chi connectivity index (χ1v) is 19.0. The Hall–Kier alpha value is -6.54. The van der Waals surface area contributed by atoms with E-state index in [1.54, 1.807) is 22.7 Å². The maximum Gasteiger partial charge on any atom is 0.227 e. The van der Waals surface area contributed by atoms with Gasteiger partial charge in [-0.3, -0.25) is 0 Å². The molecule has 11 rings (SSSR count). The predicted octanol–water partition coefficient (Wildman–Crippen LogP) is 13.1. The molecule has 4 heterocycles. The monoisotopic (exact) mass is 714 g/mol. The number of hydrogen-bond donors (Lipinski definition) is 0. The SMILES string of the molecule is c1ccc(-c2nc(-c3ccc(-c4c5oc(-c6ccccc6)nc5cc5c4sc4ccccc45)cc3)nc(-c3cccc4sc5ccccc5c34)n2)cc1. The summed E-state index contributed by atoms with van der Waals surface area (Å²) in [6, 6.07) is 54.4. The highest BCUT2D eigenvalue weighted by atomic mass is 32.1. The van der Waals surface area contributed by atoms with Crippen molar-refractivity contribution in [3.05, 3.63) is 158 Å². The lowest BCUT2D eigenvalue weighted by molar-refractivity contribution is 0.621. The number of aromatic nitrogens is 4. The van der Waals surface area contributed by atoms with E-state index in [-0.39, 0.29) is 0 Å². The largest absolute Gasteiger partial charge is 0.435 e. The van der Waals surface area contributed by atoms with E-state index in [0.717, 1.165) is 44.5 Å². The van der Waals surface area contributed by atoms with Crippen LogP contribution < -0.4 is 0 Å². The molecule has 0 saturated heterocycles. The normalized spacial score (nSPS) is 11.8. The first-order chi connectivity index (χ1) is 26.2. The zero-order valence-electron chi connectivity index (χ0n) is 28.0. The molecule has 0 aliphatic heterocycles. The molecule has 7 heteroatoms. The molecule has 0 N–H and O–H groups in total. The first-order valence-electron chi connectivity index (χ1n) is 17.4. The van der Waals surface area contributed by atoms with Crippen LogP contribution in [-0.4, -0.2) is 19.9 Å². The fourth-order valence-electron chi connectivity index (χ4n) is 7.30. The number of hydrogen-bond acceptors (Lipinski definition) is 7. The minimum absolute atomic E-state index is 0.611. The molecule has 0 radical (unpaired) electrons. The van der Waals surface area contributed by atoms with Crippen molar-refractivity contribution in [3.8, 4) is 56.7 Å². The molecule has 0 bridgehead atoms. The second kappa shape index (κ2) is 12.0. The Kier molecular flexibility index (Phi) is 6.83.